The number of aromatic nitrogens is 3. The van der Waals surface area contributed by atoms with E-state index in [9.17, 15) is 4.79 Å². The molecule has 1 atom stereocenters. The van der Waals surface area contributed by atoms with Crippen LogP contribution >= 0.6 is 0 Å². The molecule has 0 bridgehead atoms. The van der Waals surface area contributed by atoms with Gasteiger partial charge in [0.2, 0.25) is 0 Å². The van der Waals surface area contributed by atoms with Crippen LogP contribution in [0.1, 0.15) is 50.4 Å². The van der Waals surface area contributed by atoms with Gasteiger partial charge >= 0.3 is 0 Å². The van der Waals surface area contributed by atoms with E-state index in [4.69, 9.17) is 4.74 Å². The molecule has 2 aromatic heterocycles. The average Bonchev–Trinajstić information content (AvgIpc) is 3.24. The smallest absolute Gasteiger partial charge is 0.259 e. The van der Waals surface area contributed by atoms with E-state index in [1.807, 2.05) is 52.9 Å². The van der Waals surface area contributed by atoms with Crippen LogP contribution in [0.4, 0.5) is 5.82 Å². The molecule has 1 amide bonds. The maximum absolute atomic E-state index is 13.4. The van der Waals surface area contributed by atoms with Crippen LogP contribution in [0, 0.1) is 0 Å². The molecule has 0 saturated carbocycles. The van der Waals surface area contributed by atoms with E-state index >= 15 is 0 Å². The van der Waals surface area contributed by atoms with Crippen molar-refractivity contribution in [1.29, 1.82) is 0 Å². The third kappa shape index (κ3) is 5.35. The lowest BCUT2D eigenvalue weighted by Gasteiger charge is -2.37. The Morgan fingerprint density at radius 3 is 2.61 bits per heavy atom. The molecule has 2 aliphatic heterocycles. The maximum atomic E-state index is 13.4. The predicted octanol–water partition coefficient (Wildman–Crippen LogP) is 4.57. The number of hydrogen-bond donors (Lipinski definition) is 1. The number of nitrogens with zero attached hydrogens (tertiary/aromatic N) is 4. The highest BCUT2D eigenvalue weighted by Gasteiger charge is 2.36. The molecule has 1 fully saturated rings. The van der Waals surface area contributed by atoms with Crippen LogP contribution in [0.15, 0.2) is 67.2 Å². The molecular formula is C26H33N5O2. The second-order valence-electron chi connectivity index (χ2n) is 9.17. The molecular weight excluding hydrogens is 414 g/mol. The zero-order valence-corrected chi connectivity index (χ0v) is 19.6. The van der Waals surface area contributed by atoms with Gasteiger partial charge in [-0.05, 0) is 39.3 Å². The fourth-order valence-electron chi connectivity index (χ4n) is 4.46. The molecule has 0 radical (unpaired) electrons. The number of ether oxygens (including phenoxy) is 1. The highest BCUT2D eigenvalue weighted by Crippen LogP contribution is 2.35. The summed E-state index contributed by atoms with van der Waals surface area (Å²) in [6, 6.07) is 3.86. The number of carbonyl (C=O) groups excluding carboxylic acids is 1. The normalized spacial score (nSPS) is 20.9. The number of amides is 1. The first-order valence-electron chi connectivity index (χ1n) is 11.6. The van der Waals surface area contributed by atoms with Crippen LogP contribution in [0.5, 0.6) is 5.75 Å². The van der Waals surface area contributed by atoms with Crippen LogP contribution < -0.4 is 10.1 Å². The van der Waals surface area contributed by atoms with Crippen molar-refractivity contribution in [2.75, 3.05) is 18.4 Å². The number of likely N-dealkylation sites (tertiary alicyclic amines) is 1. The van der Waals surface area contributed by atoms with Crippen molar-refractivity contribution in [2.24, 2.45) is 0 Å². The van der Waals surface area contributed by atoms with Gasteiger partial charge in [0.25, 0.3) is 5.91 Å². The number of anilines is 1. The molecule has 1 unspecified atom stereocenters. The van der Waals surface area contributed by atoms with Gasteiger partial charge in [-0.15, -0.1) is 0 Å². The molecule has 0 aromatic carbocycles. The van der Waals surface area contributed by atoms with Crippen LogP contribution in [-0.2, 0) is 5.54 Å². The summed E-state index contributed by atoms with van der Waals surface area (Å²) in [4.78, 5) is 19.3. The number of fused-ring (bicyclic) bond motifs is 1. The zero-order chi connectivity index (χ0) is 23.3. The molecule has 0 aliphatic carbocycles. The van der Waals surface area contributed by atoms with E-state index in [1.165, 1.54) is 0 Å². The Hall–Kier alpha value is -3.35. The van der Waals surface area contributed by atoms with Crippen molar-refractivity contribution in [2.45, 2.75) is 57.7 Å². The van der Waals surface area contributed by atoms with Crippen molar-refractivity contribution in [3.8, 4) is 5.75 Å². The largest absolute Gasteiger partial charge is 0.490 e. The molecule has 4 heterocycles. The summed E-state index contributed by atoms with van der Waals surface area (Å²) in [6.07, 6.45) is 20.0. The lowest BCUT2D eigenvalue weighted by atomic mass is 9.92. The fraction of sp³-hybridized carbons (Fsp3) is 0.423. The predicted molar refractivity (Wildman–Crippen MR) is 130 cm³/mol. The summed E-state index contributed by atoms with van der Waals surface area (Å²) < 4.78 is 8.00. The summed E-state index contributed by atoms with van der Waals surface area (Å²) in [6.45, 7) is 7.66. The molecule has 2 aromatic rings. The standard InChI is InChI=1S/C26H33N5O2/c1-4-5-6-7-8-9-20-18-26(2,3)31-24(29-20)23(19-28-31)25(32)30-16-12-22(13-17-30)33-21-10-14-27-15-11-21/h4-11,14-15,19-20,22,29H,12-13,16-18H2,1-3H3/b5-4-,7-6-,9-8+. The van der Waals surface area contributed by atoms with E-state index in [1.54, 1.807) is 18.6 Å². The summed E-state index contributed by atoms with van der Waals surface area (Å²) in [5.74, 6) is 1.66. The lowest BCUT2D eigenvalue weighted by molar-refractivity contribution is 0.0596. The number of nitrogens with one attached hydrogen (secondary N) is 1. The quantitative estimate of drug-likeness (QED) is 0.657. The van der Waals surface area contributed by atoms with Crippen molar-refractivity contribution in [3.05, 3.63) is 72.7 Å². The van der Waals surface area contributed by atoms with Gasteiger partial charge in [-0.1, -0.05) is 36.5 Å². The molecule has 1 N–H and O–H groups in total. The van der Waals surface area contributed by atoms with Crippen molar-refractivity contribution in [3.63, 3.8) is 0 Å². The van der Waals surface area contributed by atoms with E-state index in [-0.39, 0.29) is 23.6 Å². The number of rotatable bonds is 6. The number of piperidine rings is 1. The molecule has 4 rings (SSSR count). The van der Waals surface area contributed by atoms with Crippen LogP contribution in [0.3, 0.4) is 0 Å². The Kier molecular flexibility index (Phi) is 6.96. The summed E-state index contributed by atoms with van der Waals surface area (Å²) in [5, 5.41) is 8.12. The topological polar surface area (TPSA) is 72.3 Å². The van der Waals surface area contributed by atoms with Crippen molar-refractivity contribution in [1.82, 2.24) is 19.7 Å². The Morgan fingerprint density at radius 2 is 1.88 bits per heavy atom. The third-order valence-electron chi connectivity index (χ3n) is 6.17. The number of carbonyl (C=O) groups is 1. The highest BCUT2D eigenvalue weighted by atomic mass is 16.5. The van der Waals surface area contributed by atoms with Gasteiger partial charge in [-0.2, -0.15) is 5.10 Å². The van der Waals surface area contributed by atoms with E-state index in [2.05, 4.69) is 41.4 Å². The van der Waals surface area contributed by atoms with Crippen LogP contribution in [0.2, 0.25) is 0 Å². The molecule has 0 spiro atoms. The first kappa shape index (κ1) is 22.8. The zero-order valence-electron chi connectivity index (χ0n) is 19.6. The summed E-state index contributed by atoms with van der Waals surface area (Å²) in [5.41, 5.74) is 0.450. The average molecular weight is 448 g/mol. The van der Waals surface area contributed by atoms with E-state index < -0.39 is 0 Å². The Morgan fingerprint density at radius 1 is 1.15 bits per heavy atom. The summed E-state index contributed by atoms with van der Waals surface area (Å²) >= 11 is 0. The van der Waals surface area contributed by atoms with Gasteiger partial charge in [0.15, 0.2) is 0 Å². The minimum absolute atomic E-state index is 0.0273. The van der Waals surface area contributed by atoms with Gasteiger partial charge in [-0.3, -0.25) is 9.78 Å². The van der Waals surface area contributed by atoms with Crippen molar-refractivity contribution >= 4 is 11.7 Å². The van der Waals surface area contributed by atoms with Crippen molar-refractivity contribution < 1.29 is 9.53 Å². The van der Waals surface area contributed by atoms with Gasteiger partial charge in [0.05, 0.1) is 11.7 Å². The van der Waals surface area contributed by atoms with Gasteiger partial charge < -0.3 is 15.0 Å². The third-order valence-corrected chi connectivity index (χ3v) is 6.17. The fourth-order valence-corrected chi connectivity index (χ4v) is 4.46. The SMILES string of the molecule is C\C=C/C=C\C=C\C1CC(C)(C)n2ncc(C(=O)N3CCC(Oc4ccncc4)CC3)c2N1. The molecule has 33 heavy (non-hydrogen) atoms. The number of allylic oxidation sites excluding steroid dienone is 5. The van der Waals surface area contributed by atoms with Crippen LogP contribution in [-0.4, -0.2) is 50.8 Å². The minimum Gasteiger partial charge on any atom is -0.490 e. The second-order valence-corrected chi connectivity index (χ2v) is 9.17. The minimum atomic E-state index is -0.188. The Labute approximate surface area is 195 Å². The van der Waals surface area contributed by atoms with Gasteiger partial charge in [0, 0.05) is 44.4 Å². The van der Waals surface area contributed by atoms with Gasteiger partial charge in [-0.25, -0.2) is 4.68 Å². The van der Waals surface area contributed by atoms with Gasteiger partial charge in [0.1, 0.15) is 23.2 Å². The molecule has 174 valence electrons. The van der Waals surface area contributed by atoms with Crippen LogP contribution in [0.25, 0.3) is 0 Å². The molecule has 7 heteroatoms. The lowest BCUT2D eigenvalue weighted by Crippen LogP contribution is -2.43. The highest BCUT2D eigenvalue weighted by molar-refractivity contribution is 5.99. The first-order chi connectivity index (χ1) is 16.0. The Balaban J connectivity index is 1.42. The maximum Gasteiger partial charge on any atom is 0.259 e. The summed E-state index contributed by atoms with van der Waals surface area (Å²) in [7, 11) is 0. The second kappa shape index (κ2) is 10.1. The molecule has 1 saturated heterocycles. The monoisotopic (exact) mass is 447 g/mol. The molecule has 2 aliphatic rings. The van der Waals surface area contributed by atoms with E-state index in [0.717, 1.165) is 30.8 Å². The number of hydrogen-bond acceptors (Lipinski definition) is 5. The Bertz CT molecular complexity index is 1030. The first-order valence-corrected chi connectivity index (χ1v) is 11.6. The molecule has 7 nitrogen and oxygen atoms in total. The number of pyridine rings is 1. The van der Waals surface area contributed by atoms with E-state index in [0.29, 0.717) is 18.7 Å².